The first-order chi connectivity index (χ1) is 12.7. The summed E-state index contributed by atoms with van der Waals surface area (Å²) in [4.78, 5) is 29.9. The van der Waals surface area contributed by atoms with Crippen molar-refractivity contribution in [3.05, 3.63) is 45.8 Å². The molecular weight excluding hydrogens is 387 g/mol. The molecule has 0 aliphatic carbocycles. The SMILES string of the molecule is Cn1c(SCC(=O)OC(C)(C)C)nc2scc(-c3ccc(F)cc3)c2c1=O. The molecule has 0 radical (unpaired) electrons. The van der Waals surface area contributed by atoms with Crippen molar-refractivity contribution in [2.24, 2.45) is 7.05 Å². The van der Waals surface area contributed by atoms with Gasteiger partial charge in [-0.2, -0.15) is 0 Å². The molecule has 1 aromatic carbocycles. The van der Waals surface area contributed by atoms with E-state index in [9.17, 15) is 14.0 Å². The maximum Gasteiger partial charge on any atom is 0.316 e. The van der Waals surface area contributed by atoms with Crippen LogP contribution in [0.2, 0.25) is 0 Å². The largest absolute Gasteiger partial charge is 0.459 e. The van der Waals surface area contributed by atoms with E-state index in [2.05, 4.69) is 4.98 Å². The fraction of sp³-hybridized carbons (Fsp3) is 0.316. The summed E-state index contributed by atoms with van der Waals surface area (Å²) in [5.41, 5.74) is 0.730. The van der Waals surface area contributed by atoms with Gasteiger partial charge < -0.3 is 4.74 Å². The Labute approximate surface area is 164 Å². The summed E-state index contributed by atoms with van der Waals surface area (Å²) in [7, 11) is 1.62. The summed E-state index contributed by atoms with van der Waals surface area (Å²) in [5, 5.41) is 2.79. The van der Waals surface area contributed by atoms with Crippen LogP contribution < -0.4 is 5.56 Å². The van der Waals surface area contributed by atoms with Gasteiger partial charge in [0.25, 0.3) is 5.56 Å². The Morgan fingerprint density at radius 2 is 1.96 bits per heavy atom. The zero-order valence-electron chi connectivity index (χ0n) is 15.4. The number of thiophene rings is 1. The van der Waals surface area contributed by atoms with Crippen molar-refractivity contribution in [3.63, 3.8) is 0 Å². The highest BCUT2D eigenvalue weighted by atomic mass is 32.2. The van der Waals surface area contributed by atoms with Gasteiger partial charge in [-0.25, -0.2) is 9.37 Å². The van der Waals surface area contributed by atoms with Crippen LogP contribution in [0.5, 0.6) is 0 Å². The number of aromatic nitrogens is 2. The second kappa shape index (κ2) is 7.44. The monoisotopic (exact) mass is 406 g/mol. The molecular formula is C19H19FN2O3S2. The lowest BCUT2D eigenvalue weighted by atomic mass is 10.1. The van der Waals surface area contributed by atoms with E-state index in [0.29, 0.717) is 15.4 Å². The van der Waals surface area contributed by atoms with Gasteiger partial charge in [-0.15, -0.1) is 11.3 Å². The summed E-state index contributed by atoms with van der Waals surface area (Å²) in [5.74, 6) is -0.621. The highest BCUT2D eigenvalue weighted by molar-refractivity contribution is 7.99. The summed E-state index contributed by atoms with van der Waals surface area (Å²) < 4.78 is 19.9. The molecule has 0 amide bonds. The van der Waals surface area contributed by atoms with Gasteiger partial charge in [0.05, 0.1) is 11.1 Å². The van der Waals surface area contributed by atoms with Crippen LogP contribution in [-0.4, -0.2) is 26.9 Å². The molecule has 0 aliphatic rings. The molecule has 0 bridgehead atoms. The Hall–Kier alpha value is -2.19. The lowest BCUT2D eigenvalue weighted by Crippen LogP contribution is -2.25. The standard InChI is InChI=1S/C19H19FN2O3S2/c1-19(2,3)25-14(23)10-27-18-21-16-15(17(24)22(18)4)13(9-26-16)11-5-7-12(20)8-6-11/h5-9H,10H2,1-4H3. The van der Waals surface area contributed by atoms with Crippen LogP contribution in [0, 0.1) is 5.82 Å². The highest BCUT2D eigenvalue weighted by Crippen LogP contribution is 2.32. The zero-order valence-corrected chi connectivity index (χ0v) is 17.0. The van der Waals surface area contributed by atoms with E-state index in [1.165, 1.54) is 39.8 Å². The topological polar surface area (TPSA) is 61.2 Å². The minimum Gasteiger partial charge on any atom is -0.459 e. The van der Waals surface area contributed by atoms with E-state index in [1.807, 2.05) is 5.38 Å². The van der Waals surface area contributed by atoms with E-state index in [0.717, 1.165) is 11.1 Å². The van der Waals surface area contributed by atoms with Gasteiger partial charge in [0.15, 0.2) is 5.16 Å². The number of nitrogens with zero attached hydrogens (tertiary/aromatic N) is 2. The van der Waals surface area contributed by atoms with Gasteiger partial charge in [-0.3, -0.25) is 14.2 Å². The summed E-state index contributed by atoms with van der Waals surface area (Å²) in [6.07, 6.45) is 0. The highest BCUT2D eigenvalue weighted by Gasteiger charge is 2.19. The third-order valence-electron chi connectivity index (χ3n) is 3.67. The van der Waals surface area contributed by atoms with Crippen molar-refractivity contribution in [1.82, 2.24) is 9.55 Å². The summed E-state index contributed by atoms with van der Waals surface area (Å²) >= 11 is 2.51. The molecule has 0 spiro atoms. The number of ether oxygens (including phenoxy) is 1. The number of benzene rings is 1. The van der Waals surface area contributed by atoms with Crippen molar-refractivity contribution in [3.8, 4) is 11.1 Å². The molecule has 3 rings (SSSR count). The van der Waals surface area contributed by atoms with Crippen molar-refractivity contribution < 1.29 is 13.9 Å². The smallest absolute Gasteiger partial charge is 0.316 e. The molecule has 0 saturated carbocycles. The van der Waals surface area contributed by atoms with Crippen LogP contribution in [0.3, 0.4) is 0 Å². The fourth-order valence-electron chi connectivity index (χ4n) is 2.52. The van der Waals surface area contributed by atoms with Gasteiger partial charge in [0.2, 0.25) is 0 Å². The van der Waals surface area contributed by atoms with Crippen LogP contribution in [-0.2, 0) is 16.6 Å². The van der Waals surface area contributed by atoms with Crippen LogP contribution in [0.1, 0.15) is 20.8 Å². The Bertz CT molecular complexity index is 1050. The van der Waals surface area contributed by atoms with E-state index in [1.54, 1.807) is 40.0 Å². The third-order valence-corrected chi connectivity index (χ3v) is 5.54. The number of thioether (sulfide) groups is 1. The number of esters is 1. The number of fused-ring (bicyclic) bond motifs is 1. The van der Waals surface area contributed by atoms with E-state index >= 15 is 0 Å². The quantitative estimate of drug-likeness (QED) is 0.369. The molecule has 0 aliphatic heterocycles. The maximum absolute atomic E-state index is 13.2. The van der Waals surface area contributed by atoms with E-state index < -0.39 is 5.60 Å². The maximum atomic E-state index is 13.2. The number of hydrogen-bond acceptors (Lipinski definition) is 6. The number of hydrogen-bond donors (Lipinski definition) is 0. The average molecular weight is 407 g/mol. The Morgan fingerprint density at radius 3 is 2.59 bits per heavy atom. The molecule has 3 aromatic rings. The first-order valence-corrected chi connectivity index (χ1v) is 10.1. The van der Waals surface area contributed by atoms with Gasteiger partial charge in [0, 0.05) is 18.0 Å². The predicted octanol–water partition coefficient (Wildman–Crippen LogP) is 4.23. The lowest BCUT2D eigenvalue weighted by molar-refractivity contribution is -0.151. The molecule has 142 valence electrons. The Kier molecular flexibility index (Phi) is 5.39. The number of rotatable bonds is 4. The Balaban J connectivity index is 1.92. The number of halogens is 1. The first kappa shape index (κ1) is 19.6. The molecule has 2 heterocycles. The Morgan fingerprint density at radius 1 is 1.30 bits per heavy atom. The van der Waals surface area contributed by atoms with Crippen molar-refractivity contribution in [2.75, 3.05) is 5.75 Å². The first-order valence-electron chi connectivity index (χ1n) is 8.24. The average Bonchev–Trinajstić information content (AvgIpc) is 3.00. The van der Waals surface area contributed by atoms with Crippen molar-refractivity contribution in [2.45, 2.75) is 31.5 Å². The van der Waals surface area contributed by atoms with Gasteiger partial charge >= 0.3 is 5.97 Å². The second-order valence-electron chi connectivity index (χ2n) is 6.97. The summed E-state index contributed by atoms with van der Waals surface area (Å²) in [6, 6.07) is 6.01. The third kappa shape index (κ3) is 4.39. The molecule has 0 fully saturated rings. The molecule has 5 nitrogen and oxygen atoms in total. The molecule has 0 unspecified atom stereocenters. The molecule has 0 saturated heterocycles. The van der Waals surface area contributed by atoms with Gasteiger partial charge in [-0.1, -0.05) is 23.9 Å². The molecule has 27 heavy (non-hydrogen) atoms. The predicted molar refractivity (Wildman–Crippen MR) is 107 cm³/mol. The molecule has 0 atom stereocenters. The summed E-state index contributed by atoms with van der Waals surface area (Å²) in [6.45, 7) is 5.41. The van der Waals surface area contributed by atoms with Crippen LogP contribution in [0.25, 0.3) is 21.3 Å². The van der Waals surface area contributed by atoms with Gasteiger partial charge in [0.1, 0.15) is 16.2 Å². The van der Waals surface area contributed by atoms with E-state index in [4.69, 9.17) is 4.74 Å². The van der Waals surface area contributed by atoms with Gasteiger partial charge in [-0.05, 0) is 38.5 Å². The lowest BCUT2D eigenvalue weighted by Gasteiger charge is -2.19. The minimum atomic E-state index is -0.557. The van der Waals surface area contributed by atoms with Crippen molar-refractivity contribution in [1.29, 1.82) is 0 Å². The number of carbonyl (C=O) groups excluding carboxylic acids is 1. The van der Waals surface area contributed by atoms with Crippen LogP contribution in [0.15, 0.2) is 39.6 Å². The molecule has 0 N–H and O–H groups in total. The van der Waals surface area contributed by atoms with Crippen LogP contribution >= 0.6 is 23.1 Å². The van der Waals surface area contributed by atoms with Crippen molar-refractivity contribution >= 4 is 39.3 Å². The second-order valence-corrected chi connectivity index (χ2v) is 8.77. The normalized spacial score (nSPS) is 11.7. The molecule has 8 heteroatoms. The van der Waals surface area contributed by atoms with E-state index in [-0.39, 0.29) is 23.1 Å². The molecule has 2 aromatic heterocycles. The van der Waals surface area contributed by atoms with Crippen LogP contribution in [0.4, 0.5) is 4.39 Å². The minimum absolute atomic E-state index is 0.0687. The fourth-order valence-corrected chi connectivity index (χ4v) is 4.25. The number of carbonyl (C=O) groups is 1. The zero-order chi connectivity index (χ0) is 19.8.